The molecule has 0 saturated carbocycles. The molecule has 3 rings (SSSR count). The average Bonchev–Trinajstić information content (AvgIpc) is 2.77. The quantitative estimate of drug-likeness (QED) is 0.272. The normalized spacial score (nSPS) is 13.1. The van der Waals surface area contributed by atoms with Crippen molar-refractivity contribution in [2.45, 2.75) is 6.92 Å². The number of aromatic nitrogens is 1. The number of aliphatic imine (C=N–C) groups is 1. The van der Waals surface area contributed by atoms with Gasteiger partial charge in [0.25, 0.3) is 5.91 Å². The van der Waals surface area contributed by atoms with Gasteiger partial charge in [0.05, 0.1) is 24.9 Å². The molecule has 0 atom stereocenters. The number of carbonyl (C=O) groups is 1. The van der Waals surface area contributed by atoms with Gasteiger partial charge in [0.2, 0.25) is 0 Å². The first-order valence-electron chi connectivity index (χ1n) is 9.07. The Morgan fingerprint density at radius 1 is 1.28 bits per heavy atom. The van der Waals surface area contributed by atoms with Gasteiger partial charge in [-0.05, 0) is 37.3 Å². The summed E-state index contributed by atoms with van der Waals surface area (Å²) in [7, 11) is 1.59. The fourth-order valence-corrected chi connectivity index (χ4v) is 2.58. The van der Waals surface area contributed by atoms with E-state index in [9.17, 15) is 4.79 Å². The van der Waals surface area contributed by atoms with E-state index in [0.29, 0.717) is 48.3 Å². The van der Waals surface area contributed by atoms with Gasteiger partial charge in [-0.3, -0.25) is 15.6 Å². The topological polar surface area (TPSA) is 106 Å². The Morgan fingerprint density at radius 2 is 2.10 bits per heavy atom. The molecule has 2 aromatic rings. The molecule has 0 fully saturated rings. The summed E-state index contributed by atoms with van der Waals surface area (Å²) >= 11 is 0. The second kappa shape index (κ2) is 9.98. The Morgan fingerprint density at radius 3 is 2.90 bits per heavy atom. The van der Waals surface area contributed by atoms with E-state index >= 15 is 0 Å². The van der Waals surface area contributed by atoms with Crippen LogP contribution in [0.15, 0.2) is 53.4 Å². The number of ether oxygens (including phenoxy) is 3. The molecule has 0 unspecified atom stereocenters. The van der Waals surface area contributed by atoms with Gasteiger partial charge >= 0.3 is 0 Å². The summed E-state index contributed by atoms with van der Waals surface area (Å²) in [6.07, 6.45) is 4.83. The van der Waals surface area contributed by atoms with Crippen molar-refractivity contribution in [3.8, 4) is 11.5 Å². The molecule has 152 valence electrons. The van der Waals surface area contributed by atoms with Gasteiger partial charge in [0.15, 0.2) is 11.5 Å². The fraction of sp³-hybridized carbons (Fsp3) is 0.250. The average molecular weight is 397 g/mol. The van der Waals surface area contributed by atoms with Crippen molar-refractivity contribution in [1.29, 1.82) is 0 Å². The van der Waals surface area contributed by atoms with Gasteiger partial charge in [-0.2, -0.15) is 0 Å². The van der Waals surface area contributed by atoms with Gasteiger partial charge in [-0.1, -0.05) is 0 Å². The van der Waals surface area contributed by atoms with E-state index in [0.717, 1.165) is 5.76 Å². The van der Waals surface area contributed by atoms with Crippen LogP contribution in [0.5, 0.6) is 11.5 Å². The van der Waals surface area contributed by atoms with E-state index in [-0.39, 0.29) is 5.91 Å². The number of rotatable bonds is 8. The molecule has 1 aromatic carbocycles. The van der Waals surface area contributed by atoms with Crippen LogP contribution in [0.25, 0.3) is 0 Å². The molecule has 2 heterocycles. The van der Waals surface area contributed by atoms with E-state index < -0.39 is 0 Å². The molecular weight excluding hydrogens is 374 g/mol. The molecule has 0 bridgehead atoms. The summed E-state index contributed by atoms with van der Waals surface area (Å²) in [5, 5.41) is 3.09. The predicted octanol–water partition coefficient (Wildman–Crippen LogP) is 2.41. The summed E-state index contributed by atoms with van der Waals surface area (Å²) < 4.78 is 16.2. The maximum atomic E-state index is 12.5. The lowest BCUT2D eigenvalue weighted by molar-refractivity contribution is 0.0945. The maximum Gasteiger partial charge on any atom is 0.273 e. The highest BCUT2D eigenvalue weighted by molar-refractivity contribution is 5.99. The number of nitrogens with one attached hydrogen (secondary N) is 3. The summed E-state index contributed by atoms with van der Waals surface area (Å²) in [6, 6.07) is 8.73. The van der Waals surface area contributed by atoms with Gasteiger partial charge < -0.3 is 19.5 Å². The Kier molecular flexibility index (Phi) is 6.88. The minimum atomic E-state index is -0.353. The van der Waals surface area contributed by atoms with Gasteiger partial charge in [0.1, 0.15) is 31.1 Å². The van der Waals surface area contributed by atoms with E-state index in [2.05, 4.69) is 26.1 Å². The van der Waals surface area contributed by atoms with Crippen molar-refractivity contribution in [2.75, 3.05) is 32.2 Å². The highest BCUT2D eigenvalue weighted by Crippen LogP contribution is 2.33. The Bertz CT molecular complexity index is 913. The molecule has 0 spiro atoms. The van der Waals surface area contributed by atoms with Crippen LogP contribution in [0.2, 0.25) is 0 Å². The molecule has 9 heteroatoms. The van der Waals surface area contributed by atoms with Crippen LogP contribution in [0.1, 0.15) is 17.3 Å². The molecule has 1 aromatic heterocycles. The lowest BCUT2D eigenvalue weighted by Gasteiger charge is -2.18. The van der Waals surface area contributed by atoms with Crippen LogP contribution < -0.4 is 25.6 Å². The molecule has 1 amide bonds. The zero-order valence-electron chi connectivity index (χ0n) is 16.3. The Hall–Kier alpha value is -3.75. The molecule has 9 nitrogen and oxygen atoms in total. The highest BCUT2D eigenvalue weighted by Gasteiger charge is 2.12. The van der Waals surface area contributed by atoms with Crippen molar-refractivity contribution in [3.63, 3.8) is 0 Å². The smallest absolute Gasteiger partial charge is 0.273 e. The van der Waals surface area contributed by atoms with Crippen LogP contribution in [-0.4, -0.2) is 44.1 Å². The number of nitrogens with zero attached hydrogens (tertiary/aromatic N) is 2. The molecule has 0 radical (unpaired) electrons. The zero-order chi connectivity index (χ0) is 20.5. The number of hydrazine groups is 1. The molecule has 0 aliphatic carbocycles. The number of hydrogen-bond acceptors (Lipinski definition) is 7. The molecular formula is C20H23N5O4. The van der Waals surface area contributed by atoms with Crippen LogP contribution >= 0.6 is 0 Å². The number of benzene rings is 1. The van der Waals surface area contributed by atoms with E-state index in [1.165, 1.54) is 6.34 Å². The van der Waals surface area contributed by atoms with Gasteiger partial charge in [0, 0.05) is 12.3 Å². The third-order valence-corrected chi connectivity index (χ3v) is 4.06. The van der Waals surface area contributed by atoms with Crippen molar-refractivity contribution in [2.24, 2.45) is 4.99 Å². The van der Waals surface area contributed by atoms with Crippen LogP contribution in [0, 0.1) is 0 Å². The number of fused-ring (bicyclic) bond motifs is 1. The fourth-order valence-electron chi connectivity index (χ4n) is 2.58. The van der Waals surface area contributed by atoms with Gasteiger partial charge in [-0.15, -0.1) is 0 Å². The highest BCUT2D eigenvalue weighted by atomic mass is 16.6. The Balaban J connectivity index is 1.56. The first kappa shape index (κ1) is 20.0. The number of hydrogen-bond donors (Lipinski definition) is 3. The molecule has 1 aliphatic rings. The minimum absolute atomic E-state index is 0.353. The van der Waals surface area contributed by atoms with Crippen molar-refractivity contribution in [3.05, 3.63) is 53.9 Å². The summed E-state index contributed by atoms with van der Waals surface area (Å²) in [6.45, 7) is 3.34. The van der Waals surface area contributed by atoms with Crippen molar-refractivity contribution in [1.82, 2.24) is 15.8 Å². The minimum Gasteiger partial charge on any atom is -0.500 e. The SMILES string of the molecule is C/C=C(/CNc1ncccc1C(=O)NNC=Nc1ccc2c(c1)OCCO2)OC. The third kappa shape index (κ3) is 5.38. The summed E-state index contributed by atoms with van der Waals surface area (Å²) in [5.41, 5.74) is 6.29. The molecule has 0 saturated heterocycles. The van der Waals surface area contributed by atoms with E-state index in [1.807, 2.05) is 13.0 Å². The first-order valence-corrected chi connectivity index (χ1v) is 9.07. The second-order valence-corrected chi connectivity index (χ2v) is 5.90. The van der Waals surface area contributed by atoms with E-state index in [1.54, 1.807) is 43.6 Å². The largest absolute Gasteiger partial charge is 0.500 e. The number of pyridine rings is 1. The first-order chi connectivity index (χ1) is 14.2. The zero-order valence-corrected chi connectivity index (χ0v) is 16.3. The maximum absolute atomic E-state index is 12.5. The monoisotopic (exact) mass is 397 g/mol. The number of anilines is 1. The molecule has 3 N–H and O–H groups in total. The summed E-state index contributed by atoms with van der Waals surface area (Å²) in [5.74, 6) is 2.19. The van der Waals surface area contributed by atoms with Crippen molar-refractivity contribution >= 4 is 23.8 Å². The molecule has 1 aliphatic heterocycles. The van der Waals surface area contributed by atoms with E-state index in [4.69, 9.17) is 14.2 Å². The lowest BCUT2D eigenvalue weighted by Crippen LogP contribution is -2.36. The predicted molar refractivity (Wildman–Crippen MR) is 110 cm³/mol. The van der Waals surface area contributed by atoms with Crippen molar-refractivity contribution < 1.29 is 19.0 Å². The van der Waals surface area contributed by atoms with Crippen LogP contribution in [0.4, 0.5) is 11.5 Å². The van der Waals surface area contributed by atoms with Crippen LogP contribution in [0.3, 0.4) is 0 Å². The number of methoxy groups -OCH3 is 1. The third-order valence-electron chi connectivity index (χ3n) is 4.06. The second-order valence-electron chi connectivity index (χ2n) is 5.90. The number of amides is 1. The van der Waals surface area contributed by atoms with Gasteiger partial charge in [-0.25, -0.2) is 9.98 Å². The summed E-state index contributed by atoms with van der Waals surface area (Å²) in [4.78, 5) is 20.9. The van der Waals surface area contributed by atoms with Crippen LogP contribution in [-0.2, 0) is 4.74 Å². The number of carbonyl (C=O) groups excluding carboxylic acids is 1. The standard InChI is InChI=1S/C20H23N5O4/c1-3-15(27-2)12-22-19-16(5-4-8-21-19)20(26)25-24-13-23-14-6-7-17-18(11-14)29-10-9-28-17/h3-8,11,13H,9-10,12H2,1-2H3,(H,21,22)(H,23,24)(H,25,26)/b15-3-. The lowest BCUT2D eigenvalue weighted by atomic mass is 10.2. The Labute approximate surface area is 168 Å². The molecule has 29 heavy (non-hydrogen) atoms. The number of allylic oxidation sites excluding steroid dienone is 1.